The van der Waals surface area contributed by atoms with E-state index >= 15 is 0 Å². The van der Waals surface area contributed by atoms with Gasteiger partial charge in [0.25, 0.3) is 0 Å². The molecule has 0 aliphatic rings. The summed E-state index contributed by atoms with van der Waals surface area (Å²) in [6.07, 6.45) is 3.47. The predicted octanol–water partition coefficient (Wildman–Crippen LogP) is 3.30. The molecular formula is C14H27N3S. The average molecular weight is 269 g/mol. The number of anilines is 1. The van der Waals surface area contributed by atoms with Crippen molar-refractivity contribution in [3.05, 3.63) is 10.6 Å². The van der Waals surface area contributed by atoms with Gasteiger partial charge in [-0.15, -0.1) is 11.3 Å². The van der Waals surface area contributed by atoms with Crippen molar-refractivity contribution in [3.8, 4) is 0 Å². The first-order valence-corrected chi connectivity index (χ1v) is 7.74. The Morgan fingerprint density at radius 1 is 1.39 bits per heavy atom. The van der Waals surface area contributed by atoms with Crippen LogP contribution >= 0.6 is 11.3 Å². The third kappa shape index (κ3) is 4.58. The fourth-order valence-corrected chi connectivity index (χ4v) is 2.92. The molecule has 0 bridgehead atoms. The van der Waals surface area contributed by atoms with Crippen LogP contribution in [0.1, 0.15) is 44.2 Å². The summed E-state index contributed by atoms with van der Waals surface area (Å²) in [7, 11) is 4.15. The lowest BCUT2D eigenvalue weighted by Crippen LogP contribution is -2.19. The van der Waals surface area contributed by atoms with Crippen LogP contribution in [-0.2, 0) is 13.0 Å². The minimum absolute atomic E-state index is 0.749. The van der Waals surface area contributed by atoms with E-state index in [-0.39, 0.29) is 0 Å². The molecule has 3 nitrogen and oxygen atoms in total. The predicted molar refractivity (Wildman–Crippen MR) is 81.6 cm³/mol. The molecule has 1 rings (SSSR count). The SMILES string of the molecule is CCCc1nc(N(C)CCC(C)C)sc1CNC. The van der Waals surface area contributed by atoms with E-state index in [1.165, 1.54) is 22.1 Å². The van der Waals surface area contributed by atoms with Gasteiger partial charge < -0.3 is 10.2 Å². The number of rotatable bonds is 8. The average Bonchev–Trinajstić information content (AvgIpc) is 2.71. The number of nitrogens with one attached hydrogen (secondary N) is 1. The number of thiazole rings is 1. The van der Waals surface area contributed by atoms with Crippen molar-refractivity contribution in [2.45, 2.75) is 46.6 Å². The highest BCUT2D eigenvalue weighted by Crippen LogP contribution is 2.27. The van der Waals surface area contributed by atoms with Gasteiger partial charge in [0.1, 0.15) is 0 Å². The molecule has 0 aromatic carbocycles. The molecular weight excluding hydrogens is 242 g/mol. The highest BCUT2D eigenvalue weighted by molar-refractivity contribution is 7.15. The summed E-state index contributed by atoms with van der Waals surface area (Å²) in [5, 5.41) is 4.41. The molecule has 1 aromatic rings. The largest absolute Gasteiger partial charge is 0.351 e. The maximum atomic E-state index is 4.80. The van der Waals surface area contributed by atoms with E-state index in [1.807, 2.05) is 18.4 Å². The van der Waals surface area contributed by atoms with E-state index in [2.05, 4.69) is 38.0 Å². The highest BCUT2D eigenvalue weighted by Gasteiger charge is 2.13. The van der Waals surface area contributed by atoms with Crippen molar-refractivity contribution in [2.75, 3.05) is 25.5 Å². The van der Waals surface area contributed by atoms with Crippen molar-refractivity contribution < 1.29 is 0 Å². The molecule has 0 aliphatic carbocycles. The van der Waals surface area contributed by atoms with Crippen molar-refractivity contribution >= 4 is 16.5 Å². The number of aromatic nitrogens is 1. The Morgan fingerprint density at radius 2 is 2.11 bits per heavy atom. The summed E-state index contributed by atoms with van der Waals surface area (Å²) in [6.45, 7) is 8.78. The van der Waals surface area contributed by atoms with Gasteiger partial charge in [-0.05, 0) is 25.8 Å². The van der Waals surface area contributed by atoms with Gasteiger partial charge in [0.15, 0.2) is 5.13 Å². The third-order valence-electron chi connectivity index (χ3n) is 2.96. The van der Waals surface area contributed by atoms with Crippen molar-refractivity contribution in [1.29, 1.82) is 0 Å². The van der Waals surface area contributed by atoms with Crippen molar-refractivity contribution in [3.63, 3.8) is 0 Å². The number of nitrogens with zero attached hydrogens (tertiary/aromatic N) is 2. The van der Waals surface area contributed by atoms with E-state index in [1.54, 1.807) is 0 Å². The number of hydrogen-bond acceptors (Lipinski definition) is 4. The lowest BCUT2D eigenvalue weighted by atomic mass is 10.1. The number of aryl methyl sites for hydroxylation is 1. The van der Waals surface area contributed by atoms with Crippen LogP contribution in [0.25, 0.3) is 0 Å². The van der Waals surface area contributed by atoms with E-state index in [9.17, 15) is 0 Å². The molecule has 1 N–H and O–H groups in total. The van der Waals surface area contributed by atoms with Crippen LogP contribution in [0.3, 0.4) is 0 Å². The van der Waals surface area contributed by atoms with Gasteiger partial charge in [-0.25, -0.2) is 4.98 Å². The lowest BCUT2D eigenvalue weighted by Gasteiger charge is -2.16. The molecule has 18 heavy (non-hydrogen) atoms. The molecule has 1 heterocycles. The maximum Gasteiger partial charge on any atom is 0.185 e. The summed E-state index contributed by atoms with van der Waals surface area (Å²) < 4.78 is 0. The van der Waals surface area contributed by atoms with Gasteiger partial charge in [0.2, 0.25) is 0 Å². The summed E-state index contributed by atoms with van der Waals surface area (Å²) in [5.41, 5.74) is 1.28. The summed E-state index contributed by atoms with van der Waals surface area (Å²) >= 11 is 1.84. The molecule has 4 heteroatoms. The van der Waals surface area contributed by atoms with Crippen LogP contribution in [0.5, 0.6) is 0 Å². The molecule has 0 spiro atoms. The second-order valence-corrected chi connectivity index (χ2v) is 6.31. The van der Waals surface area contributed by atoms with E-state index < -0.39 is 0 Å². The van der Waals surface area contributed by atoms with Gasteiger partial charge >= 0.3 is 0 Å². The second kappa shape index (κ2) is 7.74. The van der Waals surface area contributed by atoms with E-state index in [0.717, 1.165) is 31.8 Å². The Morgan fingerprint density at radius 3 is 2.67 bits per heavy atom. The Bertz CT molecular complexity index is 323. The fourth-order valence-electron chi connectivity index (χ4n) is 1.81. The molecule has 104 valence electrons. The molecule has 0 unspecified atom stereocenters. The van der Waals surface area contributed by atoms with Crippen LogP contribution in [-0.4, -0.2) is 25.6 Å². The highest BCUT2D eigenvalue weighted by atomic mass is 32.1. The van der Waals surface area contributed by atoms with Gasteiger partial charge in [0, 0.05) is 25.0 Å². The van der Waals surface area contributed by atoms with Crippen LogP contribution in [0.2, 0.25) is 0 Å². The summed E-state index contributed by atoms with van der Waals surface area (Å²) in [4.78, 5) is 8.49. The molecule has 0 saturated carbocycles. The van der Waals surface area contributed by atoms with E-state index in [4.69, 9.17) is 4.98 Å². The Kier molecular flexibility index (Phi) is 6.65. The maximum absolute atomic E-state index is 4.80. The first-order chi connectivity index (χ1) is 8.58. The Labute approximate surface area is 116 Å². The van der Waals surface area contributed by atoms with Crippen molar-refractivity contribution in [2.24, 2.45) is 5.92 Å². The fraction of sp³-hybridized carbons (Fsp3) is 0.786. The zero-order valence-electron chi connectivity index (χ0n) is 12.4. The second-order valence-electron chi connectivity index (χ2n) is 5.25. The molecule has 0 aliphatic heterocycles. The number of hydrogen-bond donors (Lipinski definition) is 1. The monoisotopic (exact) mass is 269 g/mol. The van der Waals surface area contributed by atoms with Gasteiger partial charge in [0.05, 0.1) is 5.69 Å². The van der Waals surface area contributed by atoms with Gasteiger partial charge in [-0.1, -0.05) is 27.2 Å². The zero-order valence-corrected chi connectivity index (χ0v) is 13.2. The van der Waals surface area contributed by atoms with Gasteiger partial charge in [-0.2, -0.15) is 0 Å². The summed E-state index contributed by atoms with van der Waals surface area (Å²) in [6, 6.07) is 0. The molecule has 0 fully saturated rings. The minimum atomic E-state index is 0.749. The molecule has 1 aromatic heterocycles. The van der Waals surface area contributed by atoms with Crippen LogP contribution < -0.4 is 10.2 Å². The molecule has 0 amide bonds. The molecule has 0 saturated heterocycles. The smallest absolute Gasteiger partial charge is 0.185 e. The quantitative estimate of drug-likeness (QED) is 0.785. The zero-order chi connectivity index (χ0) is 13.5. The standard InChI is InChI=1S/C14H27N3S/c1-6-7-12-13(10-15-4)18-14(16-12)17(5)9-8-11(2)3/h11,15H,6-10H2,1-5H3. The first-order valence-electron chi connectivity index (χ1n) is 6.92. The topological polar surface area (TPSA) is 28.2 Å². The Hall–Kier alpha value is -0.610. The summed E-state index contributed by atoms with van der Waals surface area (Å²) in [5.74, 6) is 0.749. The van der Waals surface area contributed by atoms with Crippen LogP contribution in [0.15, 0.2) is 0 Å². The van der Waals surface area contributed by atoms with Crippen LogP contribution in [0, 0.1) is 5.92 Å². The minimum Gasteiger partial charge on any atom is -0.351 e. The normalized spacial score (nSPS) is 11.2. The molecule has 0 atom stereocenters. The Balaban J connectivity index is 2.72. The van der Waals surface area contributed by atoms with Gasteiger partial charge in [-0.3, -0.25) is 0 Å². The third-order valence-corrected chi connectivity index (χ3v) is 4.17. The van der Waals surface area contributed by atoms with Crippen molar-refractivity contribution in [1.82, 2.24) is 10.3 Å². The first kappa shape index (κ1) is 15.4. The molecule has 0 radical (unpaired) electrons. The lowest BCUT2D eigenvalue weighted by molar-refractivity contribution is 0.584. The van der Waals surface area contributed by atoms with Crippen LogP contribution in [0.4, 0.5) is 5.13 Å². The van der Waals surface area contributed by atoms with E-state index in [0.29, 0.717) is 0 Å².